The van der Waals surface area contributed by atoms with Gasteiger partial charge in [-0.1, -0.05) is 40.5 Å². The summed E-state index contributed by atoms with van der Waals surface area (Å²) in [5.41, 5.74) is 0.190. The van der Waals surface area contributed by atoms with Gasteiger partial charge in [-0.05, 0) is 18.3 Å². The van der Waals surface area contributed by atoms with Gasteiger partial charge in [0.15, 0.2) is 0 Å². The molecule has 1 heteroatoms. The average Bonchev–Trinajstić information content (AvgIpc) is 1.85. The number of hydrogen-bond donors (Lipinski definition) is 0. The lowest BCUT2D eigenvalue weighted by molar-refractivity contribution is -0.119. The van der Waals surface area contributed by atoms with E-state index in [4.69, 9.17) is 0 Å². The Morgan fingerprint density at radius 1 is 1.25 bits per heavy atom. The standard InChI is InChI=1S/C11H22O/c1-6-10(7-2)11(4,5)8-9(3)12/h10H,6-8H2,1-5H3. The molecule has 0 aromatic heterocycles. The molecule has 1 nitrogen and oxygen atoms in total. The van der Waals surface area contributed by atoms with Gasteiger partial charge in [-0.15, -0.1) is 0 Å². The van der Waals surface area contributed by atoms with E-state index in [-0.39, 0.29) is 5.41 Å². The van der Waals surface area contributed by atoms with Crippen LogP contribution in [0.15, 0.2) is 0 Å². The molecule has 0 aliphatic carbocycles. The maximum atomic E-state index is 11.0. The monoisotopic (exact) mass is 170 g/mol. The first-order valence-corrected chi connectivity index (χ1v) is 4.93. The maximum absolute atomic E-state index is 11.0. The van der Waals surface area contributed by atoms with E-state index in [1.54, 1.807) is 6.92 Å². The summed E-state index contributed by atoms with van der Waals surface area (Å²) in [7, 11) is 0. The minimum atomic E-state index is 0.190. The van der Waals surface area contributed by atoms with Crippen molar-refractivity contribution in [3.63, 3.8) is 0 Å². The molecule has 0 spiro atoms. The summed E-state index contributed by atoms with van der Waals surface area (Å²) in [5, 5.41) is 0. The van der Waals surface area contributed by atoms with Crippen LogP contribution in [0.3, 0.4) is 0 Å². The third-order valence-corrected chi connectivity index (χ3v) is 2.80. The molecule has 0 aromatic rings. The van der Waals surface area contributed by atoms with Gasteiger partial charge in [0.1, 0.15) is 5.78 Å². The van der Waals surface area contributed by atoms with Gasteiger partial charge >= 0.3 is 0 Å². The van der Waals surface area contributed by atoms with Crippen LogP contribution in [-0.2, 0) is 4.79 Å². The number of Topliss-reactive ketones (excluding diaryl/α,β-unsaturated/α-hetero) is 1. The summed E-state index contributed by atoms with van der Waals surface area (Å²) in [5.74, 6) is 0.994. The summed E-state index contributed by atoms with van der Waals surface area (Å²) in [6.45, 7) is 10.5. The zero-order valence-electron chi connectivity index (χ0n) is 9.11. The van der Waals surface area contributed by atoms with Crippen molar-refractivity contribution in [3.8, 4) is 0 Å². The lowest BCUT2D eigenvalue weighted by Gasteiger charge is -2.32. The van der Waals surface area contributed by atoms with Gasteiger partial charge in [-0.3, -0.25) is 0 Å². The molecule has 0 heterocycles. The highest BCUT2D eigenvalue weighted by Crippen LogP contribution is 2.35. The molecule has 0 aliphatic heterocycles. The number of carbonyl (C=O) groups is 1. The zero-order valence-corrected chi connectivity index (χ0v) is 9.11. The number of rotatable bonds is 5. The second-order valence-electron chi connectivity index (χ2n) is 4.38. The molecule has 0 aliphatic rings. The molecule has 72 valence electrons. The van der Waals surface area contributed by atoms with E-state index in [1.165, 1.54) is 12.8 Å². The SMILES string of the molecule is CCC(CC)C(C)(C)CC(C)=O. The van der Waals surface area contributed by atoms with Crippen molar-refractivity contribution in [1.82, 2.24) is 0 Å². The molecule has 0 amide bonds. The summed E-state index contributed by atoms with van der Waals surface area (Å²) in [6, 6.07) is 0. The Morgan fingerprint density at radius 3 is 1.92 bits per heavy atom. The van der Waals surface area contributed by atoms with E-state index in [1.807, 2.05) is 0 Å². The van der Waals surface area contributed by atoms with Crippen LogP contribution in [0.25, 0.3) is 0 Å². The van der Waals surface area contributed by atoms with E-state index in [2.05, 4.69) is 27.7 Å². The van der Waals surface area contributed by atoms with Crippen LogP contribution in [0, 0.1) is 11.3 Å². The Balaban J connectivity index is 4.24. The Hall–Kier alpha value is -0.330. The van der Waals surface area contributed by atoms with Gasteiger partial charge in [0.25, 0.3) is 0 Å². The van der Waals surface area contributed by atoms with Gasteiger partial charge < -0.3 is 4.79 Å². The van der Waals surface area contributed by atoms with E-state index in [0.29, 0.717) is 11.7 Å². The average molecular weight is 170 g/mol. The molecule has 0 bridgehead atoms. The van der Waals surface area contributed by atoms with Crippen molar-refractivity contribution < 1.29 is 4.79 Å². The predicted octanol–water partition coefficient (Wildman–Crippen LogP) is 3.43. The number of carbonyl (C=O) groups excluding carboxylic acids is 1. The van der Waals surface area contributed by atoms with Crippen molar-refractivity contribution in [2.75, 3.05) is 0 Å². The highest BCUT2D eigenvalue weighted by Gasteiger charge is 2.27. The van der Waals surface area contributed by atoms with E-state index in [0.717, 1.165) is 6.42 Å². The van der Waals surface area contributed by atoms with Crippen molar-refractivity contribution in [2.45, 2.75) is 53.9 Å². The minimum absolute atomic E-state index is 0.190. The highest BCUT2D eigenvalue weighted by molar-refractivity contribution is 5.76. The van der Waals surface area contributed by atoms with Crippen LogP contribution in [0.2, 0.25) is 0 Å². The summed E-state index contributed by atoms with van der Waals surface area (Å²) in [6.07, 6.45) is 3.08. The quantitative estimate of drug-likeness (QED) is 0.618. The third-order valence-electron chi connectivity index (χ3n) is 2.80. The van der Waals surface area contributed by atoms with Gasteiger partial charge in [-0.25, -0.2) is 0 Å². The van der Waals surface area contributed by atoms with Crippen LogP contribution in [-0.4, -0.2) is 5.78 Å². The molecule has 12 heavy (non-hydrogen) atoms. The van der Waals surface area contributed by atoms with Crippen LogP contribution in [0.4, 0.5) is 0 Å². The summed E-state index contributed by atoms with van der Waals surface area (Å²) >= 11 is 0. The fourth-order valence-electron chi connectivity index (χ4n) is 2.18. The van der Waals surface area contributed by atoms with Crippen LogP contribution in [0.5, 0.6) is 0 Å². The smallest absolute Gasteiger partial charge is 0.130 e. The van der Waals surface area contributed by atoms with Crippen LogP contribution in [0.1, 0.15) is 53.9 Å². The molecule has 0 fully saturated rings. The van der Waals surface area contributed by atoms with Crippen molar-refractivity contribution in [3.05, 3.63) is 0 Å². The largest absolute Gasteiger partial charge is 0.300 e. The highest BCUT2D eigenvalue weighted by atomic mass is 16.1. The molecule has 0 N–H and O–H groups in total. The predicted molar refractivity (Wildman–Crippen MR) is 53.2 cm³/mol. The topological polar surface area (TPSA) is 17.1 Å². The molecule has 0 saturated heterocycles. The second kappa shape index (κ2) is 4.64. The van der Waals surface area contributed by atoms with Crippen molar-refractivity contribution in [2.24, 2.45) is 11.3 Å². The Bertz CT molecular complexity index is 143. The number of hydrogen-bond acceptors (Lipinski definition) is 1. The molecular weight excluding hydrogens is 148 g/mol. The molecule has 0 atom stereocenters. The third kappa shape index (κ3) is 3.38. The fourth-order valence-corrected chi connectivity index (χ4v) is 2.18. The Kier molecular flexibility index (Phi) is 4.51. The first kappa shape index (κ1) is 11.7. The van der Waals surface area contributed by atoms with Crippen molar-refractivity contribution in [1.29, 1.82) is 0 Å². The van der Waals surface area contributed by atoms with E-state index in [9.17, 15) is 4.79 Å². The van der Waals surface area contributed by atoms with Gasteiger partial charge in [0.05, 0.1) is 0 Å². The van der Waals surface area contributed by atoms with E-state index < -0.39 is 0 Å². The Morgan fingerprint density at radius 2 is 1.67 bits per heavy atom. The minimum Gasteiger partial charge on any atom is -0.300 e. The number of ketones is 1. The van der Waals surface area contributed by atoms with Gasteiger partial charge in [0, 0.05) is 6.42 Å². The van der Waals surface area contributed by atoms with Crippen LogP contribution >= 0.6 is 0 Å². The molecular formula is C11H22O. The van der Waals surface area contributed by atoms with Gasteiger partial charge in [0.2, 0.25) is 0 Å². The lowest BCUT2D eigenvalue weighted by Crippen LogP contribution is -2.25. The summed E-state index contributed by atoms with van der Waals surface area (Å²) in [4.78, 5) is 11.0. The molecule has 0 aromatic carbocycles. The molecule has 0 rings (SSSR count). The molecule has 0 unspecified atom stereocenters. The van der Waals surface area contributed by atoms with E-state index >= 15 is 0 Å². The fraction of sp³-hybridized carbons (Fsp3) is 0.909. The zero-order chi connectivity index (χ0) is 9.78. The maximum Gasteiger partial charge on any atom is 0.130 e. The Labute approximate surface area is 76.6 Å². The molecule has 0 radical (unpaired) electrons. The normalized spacial score (nSPS) is 12.2. The van der Waals surface area contributed by atoms with Gasteiger partial charge in [-0.2, -0.15) is 0 Å². The summed E-state index contributed by atoms with van der Waals surface area (Å²) < 4.78 is 0. The first-order chi connectivity index (χ1) is 5.44. The second-order valence-corrected chi connectivity index (χ2v) is 4.38. The van der Waals surface area contributed by atoms with Crippen LogP contribution < -0.4 is 0 Å². The lowest BCUT2D eigenvalue weighted by atomic mass is 9.73. The van der Waals surface area contributed by atoms with Crippen molar-refractivity contribution >= 4 is 5.78 Å². The first-order valence-electron chi connectivity index (χ1n) is 4.93. The molecule has 0 saturated carbocycles.